The summed E-state index contributed by atoms with van der Waals surface area (Å²) >= 11 is 9.83. The largest absolute Gasteiger partial charge is 0.306 e. The predicted octanol–water partition coefficient (Wildman–Crippen LogP) is 5.75. The van der Waals surface area contributed by atoms with Gasteiger partial charge in [0, 0.05) is 9.50 Å². The Labute approximate surface area is 140 Å². The SMILES string of the molecule is CCCc1cccc(C(NCC)c2cc(Cl)ccc2Br)c1. The minimum Gasteiger partial charge on any atom is -0.306 e. The zero-order valence-electron chi connectivity index (χ0n) is 12.5. The highest BCUT2D eigenvalue weighted by molar-refractivity contribution is 9.10. The van der Waals surface area contributed by atoms with Crippen LogP contribution in [0.3, 0.4) is 0 Å². The molecule has 0 saturated carbocycles. The van der Waals surface area contributed by atoms with Crippen molar-refractivity contribution in [2.24, 2.45) is 0 Å². The molecule has 1 atom stereocenters. The lowest BCUT2D eigenvalue weighted by atomic mass is 9.96. The van der Waals surface area contributed by atoms with Crippen LogP contribution in [-0.2, 0) is 6.42 Å². The number of hydrogen-bond donors (Lipinski definition) is 1. The Morgan fingerprint density at radius 3 is 2.67 bits per heavy atom. The number of halogens is 2. The summed E-state index contributed by atoms with van der Waals surface area (Å²) in [6, 6.07) is 14.9. The Hall–Kier alpha value is -0.830. The van der Waals surface area contributed by atoms with E-state index in [0.29, 0.717) is 0 Å². The van der Waals surface area contributed by atoms with Gasteiger partial charge in [-0.05, 0) is 47.9 Å². The zero-order chi connectivity index (χ0) is 15.2. The van der Waals surface area contributed by atoms with Crippen LogP contribution in [0.5, 0.6) is 0 Å². The van der Waals surface area contributed by atoms with Crippen molar-refractivity contribution in [3.05, 3.63) is 68.7 Å². The molecular formula is C18H21BrClN. The second-order valence-corrected chi connectivity index (χ2v) is 6.44. The fraction of sp³-hybridized carbons (Fsp3) is 0.333. The minimum absolute atomic E-state index is 0.153. The third kappa shape index (κ3) is 4.32. The molecule has 1 N–H and O–H groups in total. The van der Waals surface area contributed by atoms with Gasteiger partial charge in [0.2, 0.25) is 0 Å². The second-order valence-electron chi connectivity index (χ2n) is 5.15. The van der Waals surface area contributed by atoms with Crippen molar-refractivity contribution in [2.45, 2.75) is 32.7 Å². The smallest absolute Gasteiger partial charge is 0.0588 e. The fourth-order valence-corrected chi connectivity index (χ4v) is 3.22. The molecule has 3 heteroatoms. The molecule has 0 aromatic heterocycles. The van der Waals surface area contributed by atoms with Crippen LogP contribution >= 0.6 is 27.5 Å². The average Bonchev–Trinajstić information content (AvgIpc) is 2.48. The van der Waals surface area contributed by atoms with Gasteiger partial charge in [-0.3, -0.25) is 0 Å². The molecule has 0 radical (unpaired) electrons. The highest BCUT2D eigenvalue weighted by Crippen LogP contribution is 2.31. The van der Waals surface area contributed by atoms with E-state index < -0.39 is 0 Å². The van der Waals surface area contributed by atoms with E-state index in [-0.39, 0.29) is 6.04 Å². The van der Waals surface area contributed by atoms with Crippen LogP contribution < -0.4 is 5.32 Å². The monoisotopic (exact) mass is 365 g/mol. The molecule has 112 valence electrons. The molecule has 1 unspecified atom stereocenters. The second kappa shape index (κ2) is 7.98. The molecule has 0 aliphatic heterocycles. The van der Waals surface area contributed by atoms with E-state index in [9.17, 15) is 0 Å². The Kier molecular flexibility index (Phi) is 6.28. The molecule has 0 spiro atoms. The van der Waals surface area contributed by atoms with Crippen LogP contribution in [-0.4, -0.2) is 6.54 Å². The van der Waals surface area contributed by atoms with Crippen LogP contribution in [0.2, 0.25) is 5.02 Å². The van der Waals surface area contributed by atoms with Crippen molar-refractivity contribution in [2.75, 3.05) is 6.54 Å². The Bertz CT molecular complexity index is 598. The fourth-order valence-electron chi connectivity index (χ4n) is 2.56. The molecular weight excluding hydrogens is 346 g/mol. The molecule has 0 saturated heterocycles. The van der Waals surface area contributed by atoms with Gasteiger partial charge >= 0.3 is 0 Å². The summed E-state index contributed by atoms with van der Waals surface area (Å²) in [7, 11) is 0. The van der Waals surface area contributed by atoms with Gasteiger partial charge in [-0.25, -0.2) is 0 Å². The van der Waals surface area contributed by atoms with Gasteiger partial charge in [-0.15, -0.1) is 0 Å². The maximum absolute atomic E-state index is 6.18. The number of hydrogen-bond acceptors (Lipinski definition) is 1. The topological polar surface area (TPSA) is 12.0 Å². The van der Waals surface area contributed by atoms with Crippen LogP contribution in [0, 0.1) is 0 Å². The lowest BCUT2D eigenvalue weighted by Crippen LogP contribution is -2.22. The van der Waals surface area contributed by atoms with Gasteiger partial charge in [0.1, 0.15) is 0 Å². The third-order valence-corrected chi connectivity index (χ3v) is 4.46. The van der Waals surface area contributed by atoms with E-state index in [2.05, 4.69) is 59.4 Å². The molecule has 2 aromatic rings. The van der Waals surface area contributed by atoms with Crippen molar-refractivity contribution >= 4 is 27.5 Å². The summed E-state index contributed by atoms with van der Waals surface area (Å²) in [6.07, 6.45) is 2.28. The van der Waals surface area contributed by atoms with Crippen molar-refractivity contribution in [3.8, 4) is 0 Å². The molecule has 0 heterocycles. The highest BCUT2D eigenvalue weighted by Gasteiger charge is 2.16. The molecule has 0 aliphatic carbocycles. The van der Waals surface area contributed by atoms with Gasteiger partial charge in [-0.1, -0.05) is 72.1 Å². The first kappa shape index (κ1) is 16.5. The summed E-state index contributed by atoms with van der Waals surface area (Å²) in [4.78, 5) is 0. The molecule has 0 bridgehead atoms. The van der Waals surface area contributed by atoms with Gasteiger partial charge in [0.25, 0.3) is 0 Å². The van der Waals surface area contributed by atoms with E-state index >= 15 is 0 Å². The number of nitrogens with one attached hydrogen (secondary N) is 1. The summed E-state index contributed by atoms with van der Waals surface area (Å²) in [6.45, 7) is 5.24. The first-order chi connectivity index (χ1) is 10.2. The first-order valence-corrected chi connectivity index (χ1v) is 8.60. The van der Waals surface area contributed by atoms with E-state index in [0.717, 1.165) is 28.9 Å². The van der Waals surface area contributed by atoms with Crippen molar-refractivity contribution in [1.82, 2.24) is 5.32 Å². The van der Waals surface area contributed by atoms with Crippen molar-refractivity contribution in [1.29, 1.82) is 0 Å². The van der Waals surface area contributed by atoms with Crippen LogP contribution in [0.25, 0.3) is 0 Å². The van der Waals surface area contributed by atoms with Gasteiger partial charge in [0.15, 0.2) is 0 Å². The molecule has 2 rings (SSSR count). The van der Waals surface area contributed by atoms with E-state index in [1.807, 2.05) is 18.2 Å². The van der Waals surface area contributed by atoms with Gasteiger partial charge in [0.05, 0.1) is 6.04 Å². The summed E-state index contributed by atoms with van der Waals surface area (Å²) in [5.74, 6) is 0. The molecule has 0 aliphatic rings. The molecule has 2 aromatic carbocycles. The Balaban J connectivity index is 2.42. The highest BCUT2D eigenvalue weighted by atomic mass is 79.9. The van der Waals surface area contributed by atoms with Crippen LogP contribution in [0.15, 0.2) is 46.9 Å². The first-order valence-electron chi connectivity index (χ1n) is 7.42. The van der Waals surface area contributed by atoms with E-state index in [1.54, 1.807) is 0 Å². The Morgan fingerprint density at radius 2 is 1.95 bits per heavy atom. The van der Waals surface area contributed by atoms with Crippen molar-refractivity contribution in [3.63, 3.8) is 0 Å². The Morgan fingerprint density at radius 1 is 1.14 bits per heavy atom. The number of rotatable bonds is 6. The molecule has 0 amide bonds. The molecule has 1 nitrogen and oxygen atoms in total. The van der Waals surface area contributed by atoms with Crippen LogP contribution in [0.4, 0.5) is 0 Å². The maximum atomic E-state index is 6.18. The number of benzene rings is 2. The predicted molar refractivity (Wildman–Crippen MR) is 95.1 cm³/mol. The average molecular weight is 367 g/mol. The number of aryl methyl sites for hydroxylation is 1. The lowest BCUT2D eigenvalue weighted by Gasteiger charge is -2.21. The molecule has 0 fully saturated rings. The quantitative estimate of drug-likeness (QED) is 0.686. The maximum Gasteiger partial charge on any atom is 0.0588 e. The molecule has 21 heavy (non-hydrogen) atoms. The third-order valence-electron chi connectivity index (χ3n) is 3.50. The normalized spacial score (nSPS) is 12.4. The lowest BCUT2D eigenvalue weighted by molar-refractivity contribution is 0.627. The summed E-state index contributed by atoms with van der Waals surface area (Å²) < 4.78 is 1.08. The van der Waals surface area contributed by atoms with Gasteiger partial charge < -0.3 is 5.32 Å². The van der Waals surface area contributed by atoms with E-state index in [1.165, 1.54) is 16.7 Å². The van der Waals surface area contributed by atoms with Crippen LogP contribution in [0.1, 0.15) is 43.0 Å². The standard InChI is InChI=1S/C18H21BrClN/c1-3-6-13-7-5-8-14(11-13)18(21-4-2)16-12-15(20)9-10-17(16)19/h5,7-12,18,21H,3-4,6H2,1-2H3. The van der Waals surface area contributed by atoms with Crippen molar-refractivity contribution < 1.29 is 0 Å². The zero-order valence-corrected chi connectivity index (χ0v) is 14.8. The minimum atomic E-state index is 0.153. The summed E-state index contributed by atoms with van der Waals surface area (Å²) in [5, 5.41) is 4.33. The van der Waals surface area contributed by atoms with Gasteiger partial charge in [-0.2, -0.15) is 0 Å². The summed E-state index contributed by atoms with van der Waals surface area (Å²) in [5.41, 5.74) is 3.85. The van der Waals surface area contributed by atoms with E-state index in [4.69, 9.17) is 11.6 Å².